The minimum absolute atomic E-state index is 0.111. The van der Waals surface area contributed by atoms with Gasteiger partial charge in [0.1, 0.15) is 0 Å². The third-order valence-corrected chi connectivity index (χ3v) is 10.6. The van der Waals surface area contributed by atoms with Crippen molar-refractivity contribution in [2.45, 2.75) is 64.5 Å². The number of hydrogen-bond donors (Lipinski definition) is 0. The van der Waals surface area contributed by atoms with Gasteiger partial charge in [-0.1, -0.05) is 111 Å². The quantitative estimate of drug-likeness (QED) is 0.0884. The molecule has 8 aromatic carbocycles. The molecule has 0 aliphatic heterocycles. The van der Waals surface area contributed by atoms with Gasteiger partial charge in [0.2, 0.25) is 0 Å². The summed E-state index contributed by atoms with van der Waals surface area (Å²) in [4.78, 5) is 0. The summed E-state index contributed by atoms with van der Waals surface area (Å²) in [6.07, 6.45) is -18.2. The van der Waals surface area contributed by atoms with Crippen LogP contribution in [0, 0.1) is 0 Å². The Labute approximate surface area is 407 Å². The zero-order valence-electron chi connectivity index (χ0n) is 36.6. The minimum atomic E-state index is -4.91. The van der Waals surface area contributed by atoms with Gasteiger partial charge >= 0.3 is 62.6 Å². The standard InChI is InChI=1S/2C25H17F6.C2H6Si.2ClH.Zr/c2*1-2-15-10-17-8-9-21(16-6-4-3-5-7-16)23(22(17)11-15)18-12-19(24(26,27)28)14-20(13-18)25(29,30)31;1-3-2;;;/h2*3-14H,2H2,1H3;1-2H3;2*1H;/q2*-1;;;;+4/p-2. The number of aryl methyl sites for hydroxylation is 2. The van der Waals surface area contributed by atoms with Crippen LogP contribution >= 0.6 is 17.0 Å². The monoisotopic (exact) mass is 1080 g/mol. The number of hydrogen-bond acceptors (Lipinski definition) is 0. The third-order valence-electron chi connectivity index (χ3n) is 10.6. The molecule has 0 aliphatic rings. The van der Waals surface area contributed by atoms with E-state index in [-0.39, 0.29) is 23.3 Å². The van der Waals surface area contributed by atoms with Gasteiger partial charge in [-0.25, -0.2) is 0 Å². The molecule has 0 unspecified atom stereocenters. The number of benzene rings is 6. The van der Waals surface area contributed by atoms with E-state index in [2.05, 4.69) is 13.1 Å². The summed E-state index contributed by atoms with van der Waals surface area (Å²) in [5.41, 5.74) is -0.289. The van der Waals surface area contributed by atoms with Crippen LogP contribution < -0.4 is 0 Å². The SMILES string of the molecule is CCc1cc2c(-c3cc(C(F)(F)F)cc(C(F)(F)F)c3)c(-c3ccccc3)ccc2[cH-]1.CCc1cc2c(-c3cc(C(F)(F)F)cc(C(F)(F)F)c3)c(-c3ccccc3)ccc2[cH-]1.C[Si]C.[Cl][Zr+2][Cl]. The summed E-state index contributed by atoms with van der Waals surface area (Å²) in [7, 11) is 11.0. The predicted octanol–water partition coefficient (Wildman–Crippen LogP) is 19.1. The molecule has 0 amide bonds. The molecule has 0 fully saturated rings. The van der Waals surface area contributed by atoms with Crippen LogP contribution in [0.25, 0.3) is 66.1 Å². The van der Waals surface area contributed by atoms with E-state index in [4.69, 9.17) is 17.0 Å². The van der Waals surface area contributed by atoms with Gasteiger partial charge in [-0.2, -0.15) is 64.8 Å². The number of alkyl halides is 12. The maximum atomic E-state index is 13.5. The first-order chi connectivity index (χ1) is 32.0. The molecule has 0 heterocycles. The molecule has 0 aromatic heterocycles. The molecule has 0 nitrogen and oxygen atoms in total. The van der Waals surface area contributed by atoms with Gasteiger partial charge in [0.15, 0.2) is 0 Å². The van der Waals surface area contributed by atoms with Crippen molar-refractivity contribution < 1.29 is 73.5 Å². The number of fused-ring (bicyclic) bond motifs is 2. The van der Waals surface area contributed by atoms with Gasteiger partial charge in [0.05, 0.1) is 22.3 Å². The number of halogens is 14. The van der Waals surface area contributed by atoms with Gasteiger partial charge in [0, 0.05) is 9.52 Å². The molecule has 0 atom stereocenters. The fourth-order valence-electron chi connectivity index (χ4n) is 7.63. The van der Waals surface area contributed by atoms with Crippen molar-refractivity contribution in [1.29, 1.82) is 0 Å². The van der Waals surface area contributed by atoms with E-state index in [9.17, 15) is 52.7 Å². The average Bonchev–Trinajstić information content (AvgIpc) is 3.93. The molecule has 68 heavy (non-hydrogen) atoms. The molecule has 2 radical (unpaired) electrons. The Kier molecular flexibility index (Phi) is 18.3. The molecule has 0 saturated heterocycles. The Morgan fingerprint density at radius 2 is 0.706 bits per heavy atom. The molecule has 0 aliphatic carbocycles. The van der Waals surface area contributed by atoms with Crippen LogP contribution in [0.2, 0.25) is 13.1 Å². The normalized spacial score (nSPS) is 11.8. The summed E-state index contributed by atoms with van der Waals surface area (Å²) in [5, 5.41) is 2.81. The second kappa shape index (κ2) is 22.9. The summed E-state index contributed by atoms with van der Waals surface area (Å²) in [5.74, 6) is 0. The Morgan fingerprint density at radius 3 is 0.956 bits per heavy atom. The Morgan fingerprint density at radius 1 is 0.426 bits per heavy atom. The van der Waals surface area contributed by atoms with Crippen molar-refractivity contribution >= 4 is 48.1 Å². The molecule has 354 valence electrons. The van der Waals surface area contributed by atoms with E-state index in [0.717, 1.165) is 55.7 Å². The molecule has 0 saturated carbocycles. The average molecular weight is 1080 g/mol. The van der Waals surface area contributed by atoms with E-state index in [0.29, 0.717) is 57.0 Å². The molecule has 0 bridgehead atoms. The maximum absolute atomic E-state index is 13.5. The number of rotatable bonds is 6. The topological polar surface area (TPSA) is 0 Å². The first-order valence-electron chi connectivity index (χ1n) is 20.7. The van der Waals surface area contributed by atoms with Crippen LogP contribution in [-0.4, -0.2) is 9.52 Å². The van der Waals surface area contributed by atoms with Gasteiger partial charge in [-0.15, -0.1) is 56.9 Å². The van der Waals surface area contributed by atoms with Crippen molar-refractivity contribution in [2.24, 2.45) is 0 Å². The van der Waals surface area contributed by atoms with E-state index in [1.165, 1.54) is 0 Å². The van der Waals surface area contributed by atoms with Crippen LogP contribution in [0.1, 0.15) is 47.2 Å². The fraction of sp³-hybridized carbons (Fsp3) is 0.192. The van der Waals surface area contributed by atoms with Crippen molar-refractivity contribution in [3.63, 3.8) is 0 Å². The second-order valence-electron chi connectivity index (χ2n) is 15.3. The Bertz CT molecular complexity index is 2650. The second-order valence-corrected chi connectivity index (χ2v) is 20.0. The van der Waals surface area contributed by atoms with E-state index < -0.39 is 67.8 Å². The summed E-state index contributed by atoms with van der Waals surface area (Å²) >= 11 is -0.826. The summed E-state index contributed by atoms with van der Waals surface area (Å²) in [6, 6.07) is 36.0. The van der Waals surface area contributed by atoms with Crippen molar-refractivity contribution in [2.75, 3.05) is 0 Å². The van der Waals surface area contributed by atoms with Crippen LogP contribution in [0.15, 0.2) is 146 Å². The Hall–Kier alpha value is -4.62. The predicted molar refractivity (Wildman–Crippen MR) is 249 cm³/mol. The van der Waals surface area contributed by atoms with Crippen LogP contribution in [0.5, 0.6) is 0 Å². The molecule has 8 aromatic rings. The molecule has 0 N–H and O–H groups in total. The van der Waals surface area contributed by atoms with Crippen molar-refractivity contribution in [3.8, 4) is 44.5 Å². The fourth-order valence-corrected chi connectivity index (χ4v) is 7.63. The van der Waals surface area contributed by atoms with Crippen molar-refractivity contribution in [3.05, 3.63) is 179 Å². The zero-order valence-corrected chi connectivity index (χ0v) is 41.5. The van der Waals surface area contributed by atoms with Crippen LogP contribution in [-0.2, 0) is 58.4 Å². The van der Waals surface area contributed by atoms with Gasteiger partial charge in [-0.3, -0.25) is 0 Å². The summed E-state index contributed by atoms with van der Waals surface area (Å²) < 4.78 is 162. The van der Waals surface area contributed by atoms with E-state index in [1.54, 1.807) is 72.8 Å². The van der Waals surface area contributed by atoms with Gasteiger partial charge in [-0.05, 0) is 82.6 Å². The van der Waals surface area contributed by atoms with E-state index >= 15 is 0 Å². The zero-order chi connectivity index (χ0) is 50.2. The van der Waals surface area contributed by atoms with Crippen LogP contribution in [0.3, 0.4) is 0 Å². The molecule has 16 heteroatoms. The molecule has 0 spiro atoms. The Balaban J connectivity index is 0.000000228. The first kappa shape index (κ1) is 54.3. The van der Waals surface area contributed by atoms with Gasteiger partial charge < -0.3 is 0 Å². The van der Waals surface area contributed by atoms with Crippen molar-refractivity contribution in [1.82, 2.24) is 0 Å². The molecular formula is C52H40Cl2F12SiZr. The molecule has 8 rings (SSSR count). The van der Waals surface area contributed by atoms with E-state index in [1.807, 2.05) is 50.2 Å². The first-order valence-corrected chi connectivity index (χ1v) is 29.0. The summed E-state index contributed by atoms with van der Waals surface area (Å²) in [6.45, 7) is 8.19. The van der Waals surface area contributed by atoms with Crippen LogP contribution in [0.4, 0.5) is 52.7 Å². The molecular weight excluding hydrogens is 1040 g/mol. The van der Waals surface area contributed by atoms with Gasteiger partial charge in [0.25, 0.3) is 0 Å². The third kappa shape index (κ3) is 13.4.